The number of carbonyl (C=O) groups is 2. The Labute approximate surface area is 207 Å². The van der Waals surface area contributed by atoms with Gasteiger partial charge >= 0.3 is 0 Å². The van der Waals surface area contributed by atoms with Crippen molar-refractivity contribution in [2.24, 2.45) is 0 Å². The maximum absolute atomic E-state index is 12.7. The SMILES string of the molecule is Cc1ccc(-c2cnc(CCC(=O)N3CCN(CC(=O)Nc4cccc(C)c4C)CC3)o2)cc1C. The third-order valence-corrected chi connectivity index (χ3v) is 6.87. The Hall–Kier alpha value is -3.45. The molecule has 0 atom stereocenters. The number of nitrogens with one attached hydrogen (secondary N) is 1. The summed E-state index contributed by atoms with van der Waals surface area (Å²) >= 11 is 0. The van der Waals surface area contributed by atoms with Crippen LogP contribution in [0.3, 0.4) is 0 Å². The topological polar surface area (TPSA) is 78.7 Å². The van der Waals surface area contributed by atoms with Crippen LogP contribution in [0.25, 0.3) is 11.3 Å². The van der Waals surface area contributed by atoms with E-state index >= 15 is 0 Å². The maximum Gasteiger partial charge on any atom is 0.238 e. The van der Waals surface area contributed by atoms with Crippen molar-refractivity contribution in [2.45, 2.75) is 40.5 Å². The number of aromatic nitrogens is 1. The molecule has 7 heteroatoms. The number of amides is 2. The highest BCUT2D eigenvalue weighted by atomic mass is 16.4. The minimum absolute atomic E-state index is 0.0260. The summed E-state index contributed by atoms with van der Waals surface area (Å²) in [6.07, 6.45) is 2.56. The third kappa shape index (κ3) is 6.17. The molecule has 3 aromatic rings. The first-order valence-corrected chi connectivity index (χ1v) is 12.2. The molecule has 7 nitrogen and oxygen atoms in total. The predicted octanol–water partition coefficient (Wildman–Crippen LogP) is 4.29. The maximum atomic E-state index is 12.7. The molecule has 1 aliphatic rings. The molecule has 184 valence electrons. The van der Waals surface area contributed by atoms with Crippen molar-refractivity contribution < 1.29 is 14.0 Å². The number of rotatable bonds is 7. The fourth-order valence-electron chi connectivity index (χ4n) is 4.26. The monoisotopic (exact) mass is 474 g/mol. The molecule has 0 unspecified atom stereocenters. The molecule has 35 heavy (non-hydrogen) atoms. The van der Waals surface area contributed by atoms with E-state index in [4.69, 9.17) is 4.42 Å². The Morgan fingerprint density at radius 3 is 2.49 bits per heavy atom. The largest absolute Gasteiger partial charge is 0.441 e. The molecule has 0 bridgehead atoms. The van der Waals surface area contributed by atoms with Crippen LogP contribution < -0.4 is 5.32 Å². The molecule has 0 aliphatic carbocycles. The zero-order valence-electron chi connectivity index (χ0n) is 21.1. The smallest absolute Gasteiger partial charge is 0.238 e. The summed E-state index contributed by atoms with van der Waals surface area (Å²) in [5.41, 5.74) is 6.54. The Bertz CT molecular complexity index is 1210. The average molecular weight is 475 g/mol. The number of aryl methyl sites for hydroxylation is 4. The molecule has 0 radical (unpaired) electrons. The molecule has 2 amide bonds. The zero-order valence-corrected chi connectivity index (χ0v) is 21.1. The molecule has 2 aromatic carbocycles. The second-order valence-electron chi connectivity index (χ2n) is 9.37. The minimum atomic E-state index is -0.0260. The van der Waals surface area contributed by atoms with E-state index in [0.717, 1.165) is 28.1 Å². The lowest BCUT2D eigenvalue weighted by Gasteiger charge is -2.34. The van der Waals surface area contributed by atoms with Gasteiger partial charge in [-0.1, -0.05) is 24.3 Å². The molecule has 1 aromatic heterocycles. The first kappa shape index (κ1) is 24.7. The van der Waals surface area contributed by atoms with Crippen LogP contribution in [-0.2, 0) is 16.0 Å². The van der Waals surface area contributed by atoms with Gasteiger partial charge in [-0.15, -0.1) is 0 Å². The van der Waals surface area contributed by atoms with E-state index in [1.165, 1.54) is 11.1 Å². The number of hydrogen-bond acceptors (Lipinski definition) is 5. The lowest BCUT2D eigenvalue weighted by atomic mass is 10.1. The van der Waals surface area contributed by atoms with Gasteiger partial charge in [0, 0.05) is 50.3 Å². The lowest BCUT2D eigenvalue weighted by molar-refractivity contribution is -0.133. The lowest BCUT2D eigenvalue weighted by Crippen LogP contribution is -2.50. The summed E-state index contributed by atoms with van der Waals surface area (Å²) in [6, 6.07) is 12.1. The third-order valence-electron chi connectivity index (χ3n) is 6.87. The van der Waals surface area contributed by atoms with Crippen LogP contribution in [-0.4, -0.2) is 59.3 Å². The van der Waals surface area contributed by atoms with Crippen molar-refractivity contribution in [2.75, 3.05) is 38.0 Å². The molecule has 1 aliphatic heterocycles. The number of nitrogens with zero attached hydrogens (tertiary/aromatic N) is 3. The van der Waals surface area contributed by atoms with Crippen molar-refractivity contribution in [1.29, 1.82) is 0 Å². The van der Waals surface area contributed by atoms with E-state index in [1.807, 2.05) is 43.0 Å². The van der Waals surface area contributed by atoms with Crippen LogP contribution in [0.15, 0.2) is 47.0 Å². The van der Waals surface area contributed by atoms with Gasteiger partial charge in [-0.25, -0.2) is 4.98 Å². The summed E-state index contributed by atoms with van der Waals surface area (Å²) < 4.78 is 5.89. The fourth-order valence-corrected chi connectivity index (χ4v) is 4.26. The predicted molar refractivity (Wildman–Crippen MR) is 137 cm³/mol. The van der Waals surface area contributed by atoms with Gasteiger partial charge in [-0.3, -0.25) is 14.5 Å². The van der Waals surface area contributed by atoms with Crippen LogP contribution in [0.5, 0.6) is 0 Å². The number of benzene rings is 2. The highest BCUT2D eigenvalue weighted by Crippen LogP contribution is 2.23. The van der Waals surface area contributed by atoms with E-state index in [-0.39, 0.29) is 11.8 Å². The second kappa shape index (κ2) is 10.9. The average Bonchev–Trinajstić information content (AvgIpc) is 3.32. The summed E-state index contributed by atoms with van der Waals surface area (Å²) in [6.45, 7) is 11.1. The van der Waals surface area contributed by atoms with Gasteiger partial charge in [0.25, 0.3) is 0 Å². The number of anilines is 1. The molecule has 1 fully saturated rings. The highest BCUT2D eigenvalue weighted by molar-refractivity contribution is 5.93. The molecule has 1 saturated heterocycles. The van der Waals surface area contributed by atoms with E-state index < -0.39 is 0 Å². The van der Waals surface area contributed by atoms with Crippen molar-refractivity contribution in [1.82, 2.24) is 14.8 Å². The van der Waals surface area contributed by atoms with E-state index in [1.54, 1.807) is 6.20 Å². The van der Waals surface area contributed by atoms with Crippen LogP contribution in [0, 0.1) is 27.7 Å². The number of hydrogen-bond donors (Lipinski definition) is 1. The van der Waals surface area contributed by atoms with Crippen LogP contribution in [0.1, 0.15) is 34.6 Å². The first-order valence-electron chi connectivity index (χ1n) is 12.2. The van der Waals surface area contributed by atoms with Crippen LogP contribution in [0.2, 0.25) is 0 Å². The quantitative estimate of drug-likeness (QED) is 0.553. The number of carbonyl (C=O) groups excluding carboxylic acids is 2. The van der Waals surface area contributed by atoms with Gasteiger partial charge in [-0.05, 0) is 62.1 Å². The molecule has 4 rings (SSSR count). The van der Waals surface area contributed by atoms with E-state index in [9.17, 15) is 9.59 Å². The van der Waals surface area contributed by atoms with Crippen molar-refractivity contribution >= 4 is 17.5 Å². The summed E-state index contributed by atoms with van der Waals surface area (Å²) in [5, 5.41) is 3.01. The van der Waals surface area contributed by atoms with Crippen molar-refractivity contribution in [3.63, 3.8) is 0 Å². The van der Waals surface area contributed by atoms with Crippen LogP contribution >= 0.6 is 0 Å². The molecular formula is C28H34N4O3. The first-order chi connectivity index (χ1) is 16.8. The van der Waals surface area contributed by atoms with Crippen LogP contribution in [0.4, 0.5) is 5.69 Å². The van der Waals surface area contributed by atoms with Crippen molar-refractivity contribution in [3.8, 4) is 11.3 Å². The Kier molecular flexibility index (Phi) is 7.66. The second-order valence-corrected chi connectivity index (χ2v) is 9.37. The molecule has 0 spiro atoms. The normalized spacial score (nSPS) is 14.2. The van der Waals surface area contributed by atoms with Crippen molar-refractivity contribution in [3.05, 3.63) is 70.7 Å². The molecule has 2 heterocycles. The Morgan fingerprint density at radius 1 is 0.971 bits per heavy atom. The van der Waals surface area contributed by atoms with Gasteiger partial charge < -0.3 is 14.6 Å². The van der Waals surface area contributed by atoms with E-state index in [0.29, 0.717) is 51.5 Å². The van der Waals surface area contributed by atoms with E-state index in [2.05, 4.69) is 41.2 Å². The fraction of sp³-hybridized carbons (Fsp3) is 0.393. The van der Waals surface area contributed by atoms with Gasteiger partial charge in [0.05, 0.1) is 12.7 Å². The van der Waals surface area contributed by atoms with Gasteiger partial charge in [-0.2, -0.15) is 0 Å². The number of oxazole rings is 1. The summed E-state index contributed by atoms with van der Waals surface area (Å²) in [7, 11) is 0. The van der Waals surface area contributed by atoms with Gasteiger partial charge in [0.1, 0.15) is 0 Å². The standard InChI is InChI=1S/C28H34N4O3/c1-19-8-9-23(16-21(19)3)25-17-29-27(35-25)10-11-28(34)32-14-12-31(13-15-32)18-26(33)30-24-7-5-6-20(2)22(24)4/h5-9,16-17H,10-15,18H2,1-4H3,(H,30,33). The Morgan fingerprint density at radius 2 is 1.74 bits per heavy atom. The summed E-state index contributed by atoms with van der Waals surface area (Å²) in [5.74, 6) is 1.37. The molecular weight excluding hydrogens is 440 g/mol. The van der Waals surface area contributed by atoms with Gasteiger partial charge in [0.15, 0.2) is 11.7 Å². The highest BCUT2D eigenvalue weighted by Gasteiger charge is 2.23. The summed E-state index contributed by atoms with van der Waals surface area (Å²) in [4.78, 5) is 33.6. The Balaban J connectivity index is 1.21. The minimum Gasteiger partial charge on any atom is -0.441 e. The zero-order chi connectivity index (χ0) is 24.9. The van der Waals surface area contributed by atoms with Gasteiger partial charge in [0.2, 0.25) is 11.8 Å². The molecule has 0 saturated carbocycles. The number of piperazine rings is 1. The molecule has 1 N–H and O–H groups in total.